The van der Waals surface area contributed by atoms with Crippen LogP contribution in [0, 0.1) is 20.8 Å². The molecule has 146 valence electrons. The summed E-state index contributed by atoms with van der Waals surface area (Å²) in [6.45, 7) is 6.60. The van der Waals surface area contributed by atoms with Gasteiger partial charge in [0.25, 0.3) is 10.0 Å². The molecule has 0 bridgehead atoms. The third-order valence-electron chi connectivity index (χ3n) is 5.08. The lowest BCUT2D eigenvalue weighted by Gasteiger charge is -2.37. The summed E-state index contributed by atoms with van der Waals surface area (Å²) in [6.07, 6.45) is 3.53. The number of fused-ring (bicyclic) bond motifs is 1. The van der Waals surface area contributed by atoms with Crippen molar-refractivity contribution in [3.05, 3.63) is 59.8 Å². The molecule has 0 fully saturated rings. The minimum Gasteiger partial charge on any atom is -0.371 e. The second-order valence-electron chi connectivity index (χ2n) is 7.12. The van der Waals surface area contributed by atoms with Crippen LogP contribution < -0.4 is 9.21 Å². The molecular weight excluding hydrogens is 374 g/mol. The monoisotopic (exact) mass is 397 g/mol. The summed E-state index contributed by atoms with van der Waals surface area (Å²) >= 11 is 0. The Balaban J connectivity index is 1.79. The predicted octanol–water partition coefficient (Wildman–Crippen LogP) is 2.84. The van der Waals surface area contributed by atoms with E-state index in [1.54, 1.807) is 30.0 Å². The van der Waals surface area contributed by atoms with Crippen LogP contribution in [0.3, 0.4) is 0 Å². The number of para-hydroxylation sites is 1. The van der Waals surface area contributed by atoms with Crippen molar-refractivity contribution in [3.63, 3.8) is 0 Å². The standard InChI is InChI=1S/C20H23N5O2S/c1-14-6-5-7-17-20(14)25(11-10-23(17)4)28(26,27)18-8-9-19(22-16(18)3)24-12-15(2)21-13-24/h5-9,12-13H,10-11H2,1-4H3. The molecule has 28 heavy (non-hydrogen) atoms. The van der Waals surface area contributed by atoms with Crippen molar-refractivity contribution in [1.29, 1.82) is 0 Å². The molecule has 2 aromatic heterocycles. The van der Waals surface area contributed by atoms with Crippen LogP contribution in [0.5, 0.6) is 0 Å². The maximum absolute atomic E-state index is 13.5. The Kier molecular flexibility index (Phi) is 4.38. The molecular formula is C20H23N5O2S. The summed E-state index contributed by atoms with van der Waals surface area (Å²) in [7, 11) is -1.74. The second-order valence-corrected chi connectivity index (χ2v) is 8.95. The molecule has 1 aliphatic rings. The zero-order valence-electron chi connectivity index (χ0n) is 16.4. The molecule has 0 saturated carbocycles. The number of hydrogen-bond donors (Lipinski definition) is 0. The third kappa shape index (κ3) is 2.93. The molecule has 4 rings (SSSR count). The van der Waals surface area contributed by atoms with Crippen LogP contribution in [0.1, 0.15) is 17.0 Å². The van der Waals surface area contributed by atoms with E-state index in [9.17, 15) is 8.42 Å². The topological polar surface area (TPSA) is 71.3 Å². The zero-order chi connectivity index (χ0) is 20.1. The number of pyridine rings is 1. The quantitative estimate of drug-likeness (QED) is 0.680. The number of imidazole rings is 1. The molecule has 1 aliphatic heterocycles. The van der Waals surface area contributed by atoms with Gasteiger partial charge in [-0.05, 0) is 44.5 Å². The Morgan fingerprint density at radius 3 is 2.50 bits per heavy atom. The van der Waals surface area contributed by atoms with Crippen molar-refractivity contribution in [2.75, 3.05) is 29.3 Å². The highest BCUT2D eigenvalue weighted by Gasteiger charge is 2.33. The molecule has 3 heterocycles. The van der Waals surface area contributed by atoms with Gasteiger partial charge in [0.15, 0.2) is 0 Å². The number of sulfonamides is 1. The first-order valence-corrected chi connectivity index (χ1v) is 10.5. The molecule has 0 saturated heterocycles. The van der Waals surface area contributed by atoms with Gasteiger partial charge in [-0.25, -0.2) is 18.4 Å². The molecule has 0 amide bonds. The summed E-state index contributed by atoms with van der Waals surface area (Å²) in [6, 6.07) is 9.21. The van der Waals surface area contributed by atoms with Crippen LogP contribution in [0.4, 0.5) is 11.4 Å². The number of hydrogen-bond acceptors (Lipinski definition) is 5. The van der Waals surface area contributed by atoms with E-state index in [-0.39, 0.29) is 4.90 Å². The number of likely N-dealkylation sites (N-methyl/N-ethyl adjacent to an activating group) is 1. The lowest BCUT2D eigenvalue weighted by atomic mass is 10.1. The van der Waals surface area contributed by atoms with E-state index in [0.29, 0.717) is 24.6 Å². The second kappa shape index (κ2) is 6.63. The molecule has 3 aromatic rings. The Labute approximate surface area is 165 Å². The molecule has 0 atom stereocenters. The van der Waals surface area contributed by atoms with Gasteiger partial charge in [0.05, 0.1) is 29.3 Å². The fourth-order valence-electron chi connectivity index (χ4n) is 3.61. The van der Waals surface area contributed by atoms with Gasteiger partial charge in [-0.1, -0.05) is 12.1 Å². The first-order valence-electron chi connectivity index (χ1n) is 9.11. The van der Waals surface area contributed by atoms with Crippen molar-refractivity contribution in [3.8, 4) is 5.82 Å². The van der Waals surface area contributed by atoms with Crippen molar-refractivity contribution in [1.82, 2.24) is 14.5 Å². The highest BCUT2D eigenvalue weighted by Crippen LogP contribution is 2.38. The van der Waals surface area contributed by atoms with Crippen LogP contribution in [0.25, 0.3) is 5.82 Å². The van der Waals surface area contributed by atoms with Gasteiger partial charge in [-0.15, -0.1) is 0 Å². The van der Waals surface area contributed by atoms with Crippen molar-refractivity contribution < 1.29 is 8.42 Å². The number of benzene rings is 1. The average Bonchev–Trinajstić information content (AvgIpc) is 3.08. The highest BCUT2D eigenvalue weighted by molar-refractivity contribution is 7.93. The summed E-state index contributed by atoms with van der Waals surface area (Å²) in [5, 5.41) is 0. The van der Waals surface area contributed by atoms with Gasteiger partial charge >= 0.3 is 0 Å². The highest BCUT2D eigenvalue weighted by atomic mass is 32.2. The number of aryl methyl sites for hydroxylation is 3. The minimum atomic E-state index is -3.73. The van der Waals surface area contributed by atoms with E-state index < -0.39 is 10.0 Å². The van der Waals surface area contributed by atoms with Gasteiger partial charge < -0.3 is 4.90 Å². The van der Waals surface area contributed by atoms with Gasteiger partial charge in [0, 0.05) is 19.8 Å². The summed E-state index contributed by atoms with van der Waals surface area (Å²) in [4.78, 5) is 11.0. The Morgan fingerprint density at radius 1 is 1.04 bits per heavy atom. The maximum Gasteiger partial charge on any atom is 0.266 e. The number of nitrogens with zero attached hydrogens (tertiary/aromatic N) is 5. The van der Waals surface area contributed by atoms with Gasteiger partial charge in [-0.2, -0.15) is 0 Å². The first-order chi connectivity index (χ1) is 13.3. The molecule has 0 N–H and O–H groups in total. The van der Waals surface area contributed by atoms with Crippen molar-refractivity contribution in [2.24, 2.45) is 0 Å². The molecule has 0 unspecified atom stereocenters. The van der Waals surface area contributed by atoms with E-state index in [1.807, 2.05) is 45.3 Å². The number of aromatic nitrogens is 3. The fraction of sp³-hybridized carbons (Fsp3) is 0.300. The average molecular weight is 398 g/mol. The van der Waals surface area contributed by atoms with Gasteiger partial charge in [0.2, 0.25) is 0 Å². The molecule has 0 spiro atoms. The van der Waals surface area contributed by atoms with E-state index in [2.05, 4.69) is 14.9 Å². The first kappa shape index (κ1) is 18.5. The third-order valence-corrected chi connectivity index (χ3v) is 7.02. The lowest BCUT2D eigenvalue weighted by molar-refractivity contribution is 0.587. The fourth-order valence-corrected chi connectivity index (χ4v) is 5.30. The zero-order valence-corrected chi connectivity index (χ0v) is 17.2. The van der Waals surface area contributed by atoms with Crippen LogP contribution in [-0.4, -0.2) is 43.1 Å². The Hall–Kier alpha value is -2.87. The number of anilines is 2. The molecule has 7 nitrogen and oxygen atoms in total. The maximum atomic E-state index is 13.5. The number of rotatable bonds is 3. The summed E-state index contributed by atoms with van der Waals surface area (Å²) < 4.78 is 30.4. The van der Waals surface area contributed by atoms with Crippen molar-refractivity contribution >= 4 is 21.4 Å². The SMILES string of the molecule is Cc1cn(-c2ccc(S(=O)(=O)N3CCN(C)c4cccc(C)c43)c(C)n2)cn1. The minimum absolute atomic E-state index is 0.229. The van der Waals surface area contributed by atoms with Gasteiger partial charge in [-0.3, -0.25) is 8.87 Å². The van der Waals surface area contributed by atoms with Crippen LogP contribution >= 0.6 is 0 Å². The van der Waals surface area contributed by atoms with Crippen LogP contribution in [-0.2, 0) is 10.0 Å². The Bertz CT molecular complexity index is 1150. The molecule has 0 aliphatic carbocycles. The lowest BCUT2D eigenvalue weighted by Crippen LogP contribution is -2.43. The van der Waals surface area contributed by atoms with E-state index in [0.717, 1.165) is 22.6 Å². The van der Waals surface area contributed by atoms with E-state index in [4.69, 9.17) is 0 Å². The van der Waals surface area contributed by atoms with Gasteiger partial charge in [0.1, 0.15) is 17.0 Å². The van der Waals surface area contributed by atoms with E-state index >= 15 is 0 Å². The van der Waals surface area contributed by atoms with Crippen LogP contribution in [0.15, 0.2) is 47.8 Å². The van der Waals surface area contributed by atoms with Crippen molar-refractivity contribution in [2.45, 2.75) is 25.7 Å². The normalized spacial score (nSPS) is 14.3. The Morgan fingerprint density at radius 2 is 1.82 bits per heavy atom. The summed E-state index contributed by atoms with van der Waals surface area (Å²) in [5.74, 6) is 0.645. The molecule has 1 aromatic carbocycles. The molecule has 0 radical (unpaired) electrons. The molecule has 8 heteroatoms. The van der Waals surface area contributed by atoms with E-state index in [1.165, 1.54) is 4.31 Å². The van der Waals surface area contributed by atoms with Crippen LogP contribution in [0.2, 0.25) is 0 Å². The largest absolute Gasteiger partial charge is 0.371 e. The predicted molar refractivity (Wildman–Crippen MR) is 110 cm³/mol. The smallest absolute Gasteiger partial charge is 0.266 e. The summed E-state index contributed by atoms with van der Waals surface area (Å²) in [5.41, 5.74) is 3.94.